The number of sulfonamides is 1. The summed E-state index contributed by atoms with van der Waals surface area (Å²) in [5.74, 6) is -0.630. The normalized spacial score (nSPS) is 14.8. The van der Waals surface area contributed by atoms with Crippen LogP contribution in [-0.4, -0.2) is 42.2 Å². The SMILES string of the molecule is CC(O)C(N)CNS(=O)(=O)c1ccc(O)c([N+](=O)[O-])c1. The first-order valence-corrected chi connectivity index (χ1v) is 7.04. The number of aliphatic hydroxyl groups is 1. The van der Waals surface area contributed by atoms with Crippen LogP contribution >= 0.6 is 0 Å². The highest BCUT2D eigenvalue weighted by Gasteiger charge is 2.22. The fourth-order valence-corrected chi connectivity index (χ4v) is 2.37. The molecule has 2 unspecified atom stereocenters. The number of nitrogens with two attached hydrogens (primary N) is 1. The number of phenolic OH excluding ortho intramolecular Hbond substituents is 1. The molecule has 5 N–H and O–H groups in total. The van der Waals surface area contributed by atoms with E-state index in [1.54, 1.807) is 0 Å². The molecule has 0 saturated carbocycles. The van der Waals surface area contributed by atoms with Gasteiger partial charge in [-0.2, -0.15) is 0 Å². The topological polar surface area (TPSA) is 156 Å². The van der Waals surface area contributed by atoms with Crippen LogP contribution in [-0.2, 0) is 10.0 Å². The Morgan fingerprint density at radius 2 is 2.10 bits per heavy atom. The second-order valence-electron chi connectivity index (χ2n) is 4.16. The van der Waals surface area contributed by atoms with Gasteiger partial charge in [0.2, 0.25) is 10.0 Å². The molecule has 1 rings (SSSR count). The van der Waals surface area contributed by atoms with Crippen molar-refractivity contribution < 1.29 is 23.6 Å². The third kappa shape index (κ3) is 3.87. The third-order valence-electron chi connectivity index (χ3n) is 2.58. The van der Waals surface area contributed by atoms with E-state index >= 15 is 0 Å². The van der Waals surface area contributed by atoms with Crippen LogP contribution in [0, 0.1) is 10.1 Å². The second-order valence-corrected chi connectivity index (χ2v) is 5.93. The van der Waals surface area contributed by atoms with E-state index in [1.807, 2.05) is 0 Å². The van der Waals surface area contributed by atoms with Crippen LogP contribution in [0.2, 0.25) is 0 Å². The minimum atomic E-state index is -4.02. The Kier molecular flexibility index (Phi) is 5.00. The van der Waals surface area contributed by atoms with Crippen molar-refractivity contribution in [1.29, 1.82) is 0 Å². The van der Waals surface area contributed by atoms with Gasteiger partial charge in [-0.1, -0.05) is 0 Å². The predicted octanol–water partition coefficient (Wildman–Crippen LogP) is -0.713. The maximum absolute atomic E-state index is 11.9. The molecule has 1 aromatic rings. The number of nitrogens with one attached hydrogen (secondary N) is 1. The largest absolute Gasteiger partial charge is 0.502 e. The molecule has 0 aliphatic heterocycles. The number of benzene rings is 1. The zero-order valence-electron chi connectivity index (χ0n) is 10.6. The lowest BCUT2D eigenvalue weighted by Gasteiger charge is -2.15. The molecule has 0 radical (unpaired) electrons. The highest BCUT2D eigenvalue weighted by Crippen LogP contribution is 2.28. The maximum atomic E-state index is 11.9. The molecule has 9 nitrogen and oxygen atoms in total. The van der Waals surface area contributed by atoms with Gasteiger partial charge in [-0.05, 0) is 19.1 Å². The van der Waals surface area contributed by atoms with Crippen molar-refractivity contribution in [3.05, 3.63) is 28.3 Å². The van der Waals surface area contributed by atoms with Crippen LogP contribution in [0.4, 0.5) is 5.69 Å². The molecule has 0 spiro atoms. The number of rotatable bonds is 6. The van der Waals surface area contributed by atoms with Gasteiger partial charge in [-0.25, -0.2) is 13.1 Å². The van der Waals surface area contributed by atoms with Gasteiger partial charge in [0.25, 0.3) is 0 Å². The van der Waals surface area contributed by atoms with Crippen molar-refractivity contribution in [2.75, 3.05) is 6.54 Å². The summed E-state index contributed by atoms with van der Waals surface area (Å²) >= 11 is 0. The Hall–Kier alpha value is -1.75. The van der Waals surface area contributed by atoms with Crippen molar-refractivity contribution >= 4 is 15.7 Å². The van der Waals surface area contributed by atoms with Crippen LogP contribution in [0.25, 0.3) is 0 Å². The molecule has 0 aliphatic carbocycles. The summed E-state index contributed by atoms with van der Waals surface area (Å²) in [6, 6.07) is 1.88. The van der Waals surface area contributed by atoms with E-state index in [1.165, 1.54) is 6.92 Å². The van der Waals surface area contributed by atoms with Crippen LogP contribution in [0.3, 0.4) is 0 Å². The molecule has 0 aromatic heterocycles. The number of aliphatic hydroxyl groups excluding tert-OH is 1. The first-order chi connectivity index (χ1) is 9.15. The Balaban J connectivity index is 2.99. The summed E-state index contributed by atoms with van der Waals surface area (Å²) in [4.78, 5) is 9.37. The fraction of sp³-hybridized carbons (Fsp3) is 0.400. The van der Waals surface area contributed by atoms with Gasteiger partial charge in [0.05, 0.1) is 15.9 Å². The third-order valence-corrected chi connectivity index (χ3v) is 4.00. The Morgan fingerprint density at radius 3 is 2.60 bits per heavy atom. The van der Waals surface area contributed by atoms with E-state index < -0.39 is 38.5 Å². The average Bonchev–Trinajstić information content (AvgIpc) is 2.35. The van der Waals surface area contributed by atoms with Gasteiger partial charge in [0.1, 0.15) is 0 Å². The number of aromatic hydroxyl groups is 1. The molecule has 0 amide bonds. The fourth-order valence-electron chi connectivity index (χ4n) is 1.28. The van der Waals surface area contributed by atoms with Gasteiger partial charge in [0.15, 0.2) is 5.75 Å². The summed E-state index contributed by atoms with van der Waals surface area (Å²) in [6.45, 7) is 1.18. The summed E-state index contributed by atoms with van der Waals surface area (Å²) < 4.78 is 25.9. The first-order valence-electron chi connectivity index (χ1n) is 5.56. The van der Waals surface area contributed by atoms with Gasteiger partial charge in [-0.3, -0.25) is 10.1 Å². The Morgan fingerprint density at radius 1 is 1.50 bits per heavy atom. The van der Waals surface area contributed by atoms with Gasteiger partial charge in [-0.15, -0.1) is 0 Å². The zero-order chi connectivity index (χ0) is 15.5. The van der Waals surface area contributed by atoms with Crippen LogP contribution in [0.5, 0.6) is 5.75 Å². The average molecular weight is 305 g/mol. The molecular weight excluding hydrogens is 290 g/mol. The lowest BCUT2D eigenvalue weighted by Crippen LogP contribution is -2.43. The van der Waals surface area contributed by atoms with Gasteiger partial charge >= 0.3 is 5.69 Å². The minimum absolute atomic E-state index is 0.228. The van der Waals surface area contributed by atoms with Gasteiger partial charge in [0, 0.05) is 18.7 Å². The number of nitrogens with zero attached hydrogens (tertiary/aromatic N) is 1. The summed E-state index contributed by atoms with van der Waals surface area (Å²) in [6.07, 6.45) is -0.910. The molecule has 0 bridgehead atoms. The second kappa shape index (κ2) is 6.13. The molecule has 0 heterocycles. The highest BCUT2D eigenvalue weighted by atomic mass is 32.2. The monoisotopic (exact) mass is 305 g/mol. The molecule has 0 fully saturated rings. The van der Waals surface area contributed by atoms with E-state index in [0.29, 0.717) is 0 Å². The lowest BCUT2D eigenvalue weighted by atomic mass is 10.2. The van der Waals surface area contributed by atoms with Crippen molar-refractivity contribution in [2.45, 2.75) is 24.0 Å². The lowest BCUT2D eigenvalue weighted by molar-refractivity contribution is -0.386. The number of nitro groups is 1. The maximum Gasteiger partial charge on any atom is 0.312 e. The number of phenols is 1. The number of hydrogen-bond donors (Lipinski definition) is 4. The molecule has 10 heteroatoms. The molecule has 0 saturated heterocycles. The van der Waals surface area contributed by atoms with E-state index in [4.69, 9.17) is 10.8 Å². The Labute approximate surface area is 115 Å². The predicted molar refractivity (Wildman–Crippen MR) is 69.6 cm³/mol. The number of hydrogen-bond acceptors (Lipinski definition) is 7. The first kappa shape index (κ1) is 16.3. The highest BCUT2D eigenvalue weighted by molar-refractivity contribution is 7.89. The van der Waals surface area contributed by atoms with Gasteiger partial charge < -0.3 is 15.9 Å². The molecule has 0 aliphatic rings. The van der Waals surface area contributed by atoms with Crippen LogP contribution in [0.1, 0.15) is 6.92 Å². The molecule has 2 atom stereocenters. The summed E-state index contributed by atoms with van der Waals surface area (Å²) in [7, 11) is -4.02. The van der Waals surface area contributed by atoms with Crippen LogP contribution < -0.4 is 10.5 Å². The Bertz CT molecular complexity index is 601. The molecule has 20 heavy (non-hydrogen) atoms. The van der Waals surface area contributed by atoms with E-state index in [9.17, 15) is 23.6 Å². The summed E-state index contributed by atoms with van der Waals surface area (Å²) in [5, 5.41) is 29.0. The van der Waals surface area contributed by atoms with Crippen molar-refractivity contribution in [2.24, 2.45) is 5.73 Å². The quantitative estimate of drug-likeness (QED) is 0.399. The van der Waals surface area contributed by atoms with E-state index in [0.717, 1.165) is 18.2 Å². The van der Waals surface area contributed by atoms with E-state index in [-0.39, 0.29) is 11.4 Å². The number of nitro benzene ring substituents is 1. The van der Waals surface area contributed by atoms with Crippen molar-refractivity contribution in [3.8, 4) is 5.75 Å². The standard InChI is InChI=1S/C10H15N3O6S/c1-6(14)8(11)5-12-20(18,19)7-2-3-10(15)9(4-7)13(16)17/h2-4,6,8,12,14-15H,5,11H2,1H3. The molecular formula is C10H15N3O6S. The summed E-state index contributed by atoms with van der Waals surface area (Å²) in [5.41, 5.74) is 4.76. The van der Waals surface area contributed by atoms with Crippen LogP contribution in [0.15, 0.2) is 23.1 Å². The molecule has 112 valence electrons. The van der Waals surface area contributed by atoms with E-state index in [2.05, 4.69) is 4.72 Å². The zero-order valence-corrected chi connectivity index (χ0v) is 11.4. The molecule has 1 aromatic carbocycles. The van der Waals surface area contributed by atoms with Crippen molar-refractivity contribution in [1.82, 2.24) is 4.72 Å². The minimum Gasteiger partial charge on any atom is -0.502 e. The van der Waals surface area contributed by atoms with Crippen molar-refractivity contribution in [3.63, 3.8) is 0 Å². The smallest absolute Gasteiger partial charge is 0.312 e.